The number of hydrogen-bond acceptors (Lipinski definition) is 5. The molecule has 0 fully saturated rings. The summed E-state index contributed by atoms with van der Waals surface area (Å²) in [7, 11) is -3.95. The van der Waals surface area contributed by atoms with Crippen molar-refractivity contribution < 1.29 is 18.3 Å². The quantitative estimate of drug-likeness (QED) is 0.879. The van der Waals surface area contributed by atoms with Crippen molar-refractivity contribution in [3.8, 4) is 0 Å². The van der Waals surface area contributed by atoms with Gasteiger partial charge in [0.15, 0.2) is 10.4 Å². The zero-order valence-corrected chi connectivity index (χ0v) is 12.2. The Bertz CT molecular complexity index is 542. The zero-order valence-electron chi connectivity index (χ0n) is 10.6. The van der Waals surface area contributed by atoms with Crippen molar-refractivity contribution >= 4 is 32.5 Å². The van der Waals surface area contributed by atoms with Crippen LogP contribution >= 0.6 is 11.3 Å². The summed E-state index contributed by atoms with van der Waals surface area (Å²) >= 11 is 1.14. The Morgan fingerprint density at radius 2 is 2.06 bits per heavy atom. The molecular formula is C10H16N2O4S2. The number of aromatic nitrogens is 1. The minimum Gasteiger partial charge on any atom is -0.480 e. The van der Waals surface area contributed by atoms with Crippen LogP contribution in [0, 0.1) is 0 Å². The van der Waals surface area contributed by atoms with Gasteiger partial charge in [0, 0.05) is 10.8 Å². The first-order chi connectivity index (χ1) is 8.04. The van der Waals surface area contributed by atoms with Crippen LogP contribution in [-0.4, -0.2) is 29.7 Å². The van der Waals surface area contributed by atoms with E-state index in [9.17, 15) is 13.2 Å². The third kappa shape index (κ3) is 3.42. The summed E-state index contributed by atoms with van der Waals surface area (Å²) in [6, 6.07) is 0. The minimum atomic E-state index is -3.95. The summed E-state index contributed by atoms with van der Waals surface area (Å²) in [5.41, 5.74) is 0.576. The van der Waals surface area contributed by atoms with Crippen LogP contribution in [-0.2, 0) is 20.2 Å². The van der Waals surface area contributed by atoms with Crippen LogP contribution in [0.3, 0.4) is 0 Å². The molecule has 0 aliphatic heterocycles. The van der Waals surface area contributed by atoms with E-state index in [-0.39, 0.29) is 10.5 Å². The molecule has 0 saturated carbocycles. The Balaban J connectivity index is 2.93. The summed E-state index contributed by atoms with van der Waals surface area (Å²) in [5.74, 6) is -1.39. The zero-order chi connectivity index (χ0) is 14.1. The third-order valence-corrected chi connectivity index (χ3v) is 4.81. The van der Waals surface area contributed by atoms with E-state index >= 15 is 0 Å². The predicted molar refractivity (Wildman–Crippen MR) is 70.5 cm³/mol. The van der Waals surface area contributed by atoms with E-state index in [4.69, 9.17) is 5.11 Å². The number of nitrogens with zero attached hydrogens (tertiary/aromatic N) is 1. The molecule has 0 aromatic carbocycles. The van der Waals surface area contributed by atoms with Gasteiger partial charge in [0.05, 0.1) is 5.69 Å². The fraction of sp³-hybridized carbons (Fsp3) is 0.600. The lowest BCUT2D eigenvalue weighted by Gasteiger charge is -2.14. The number of sulfonamides is 1. The lowest BCUT2D eigenvalue weighted by atomic mass is 9.93. The van der Waals surface area contributed by atoms with Gasteiger partial charge in [-0.3, -0.25) is 9.52 Å². The molecular weight excluding hydrogens is 276 g/mol. The normalized spacial score (nSPS) is 14.2. The molecule has 0 radical (unpaired) electrons. The van der Waals surface area contributed by atoms with Crippen LogP contribution in [0.5, 0.6) is 0 Å². The molecule has 102 valence electrons. The molecule has 18 heavy (non-hydrogen) atoms. The van der Waals surface area contributed by atoms with Crippen LogP contribution in [0.25, 0.3) is 0 Å². The van der Waals surface area contributed by atoms with E-state index in [1.54, 1.807) is 5.38 Å². The average molecular weight is 292 g/mol. The highest BCUT2D eigenvalue weighted by Gasteiger charge is 2.29. The van der Waals surface area contributed by atoms with Crippen molar-refractivity contribution in [2.24, 2.45) is 0 Å². The van der Waals surface area contributed by atoms with Gasteiger partial charge in [-0.2, -0.15) is 0 Å². The molecule has 2 N–H and O–H groups in total. The van der Waals surface area contributed by atoms with Crippen LogP contribution in [0.2, 0.25) is 0 Å². The topological polar surface area (TPSA) is 96.4 Å². The van der Waals surface area contributed by atoms with Gasteiger partial charge in [-0.15, -0.1) is 11.3 Å². The molecule has 1 heterocycles. The van der Waals surface area contributed by atoms with Crippen molar-refractivity contribution in [3.05, 3.63) is 11.1 Å². The van der Waals surface area contributed by atoms with Gasteiger partial charge < -0.3 is 5.11 Å². The first-order valence-electron chi connectivity index (χ1n) is 5.24. The Morgan fingerprint density at radius 3 is 2.44 bits per heavy atom. The molecule has 1 aromatic rings. The molecule has 0 amide bonds. The van der Waals surface area contributed by atoms with Crippen molar-refractivity contribution in [3.63, 3.8) is 0 Å². The SMILES string of the molecule is CC(C(=O)O)S(=O)(=O)Nc1nc(C(C)(C)C)cs1. The number of rotatable bonds is 4. The highest BCUT2D eigenvalue weighted by atomic mass is 32.2. The van der Waals surface area contributed by atoms with E-state index in [0.717, 1.165) is 24.0 Å². The van der Waals surface area contributed by atoms with Gasteiger partial charge in [-0.1, -0.05) is 20.8 Å². The summed E-state index contributed by atoms with van der Waals surface area (Å²) in [6.07, 6.45) is 0. The van der Waals surface area contributed by atoms with E-state index in [0.29, 0.717) is 0 Å². The fourth-order valence-electron chi connectivity index (χ4n) is 1.01. The van der Waals surface area contributed by atoms with Gasteiger partial charge in [0.25, 0.3) is 0 Å². The lowest BCUT2D eigenvalue weighted by molar-refractivity contribution is -0.136. The van der Waals surface area contributed by atoms with Crippen molar-refractivity contribution in [1.29, 1.82) is 0 Å². The molecule has 0 saturated heterocycles. The largest absolute Gasteiger partial charge is 0.480 e. The molecule has 1 rings (SSSR count). The Labute approximate surface area is 110 Å². The van der Waals surface area contributed by atoms with Crippen molar-refractivity contribution in [2.75, 3.05) is 4.72 Å². The number of thiazole rings is 1. The standard InChI is InChI=1S/C10H16N2O4S2/c1-6(8(13)14)18(15,16)12-9-11-7(5-17-9)10(2,3)4/h5-6H,1-4H3,(H,11,12)(H,13,14). The Kier molecular flexibility index (Phi) is 4.02. The number of carboxylic acid groups (broad SMARTS) is 1. The smallest absolute Gasteiger partial charge is 0.323 e. The Hall–Kier alpha value is -1.15. The van der Waals surface area contributed by atoms with Crippen molar-refractivity contribution in [1.82, 2.24) is 4.98 Å². The third-order valence-electron chi connectivity index (χ3n) is 2.32. The maximum absolute atomic E-state index is 11.7. The molecule has 0 aliphatic carbocycles. The molecule has 0 bridgehead atoms. The van der Waals surface area contributed by atoms with Gasteiger partial charge in [0.2, 0.25) is 10.0 Å². The lowest BCUT2D eigenvalue weighted by Crippen LogP contribution is -2.32. The fourth-order valence-corrected chi connectivity index (χ4v) is 3.06. The summed E-state index contributed by atoms with van der Waals surface area (Å²) in [5, 5.41) is 9.12. The Morgan fingerprint density at radius 1 is 1.50 bits per heavy atom. The second kappa shape index (κ2) is 4.85. The number of hydrogen-bond donors (Lipinski definition) is 2. The molecule has 1 atom stereocenters. The first kappa shape index (κ1) is 14.9. The second-order valence-corrected chi connectivity index (χ2v) is 7.77. The molecule has 1 unspecified atom stereocenters. The average Bonchev–Trinajstić information content (AvgIpc) is 2.63. The van der Waals surface area contributed by atoms with Gasteiger partial charge in [0.1, 0.15) is 0 Å². The van der Waals surface area contributed by atoms with Gasteiger partial charge in [-0.25, -0.2) is 13.4 Å². The van der Waals surface area contributed by atoms with Crippen molar-refractivity contribution in [2.45, 2.75) is 38.4 Å². The van der Waals surface area contributed by atoms with Gasteiger partial charge in [-0.05, 0) is 6.92 Å². The van der Waals surface area contributed by atoms with E-state index in [2.05, 4.69) is 9.71 Å². The number of aliphatic carboxylic acids is 1. The van der Waals surface area contributed by atoms with E-state index in [1.165, 1.54) is 0 Å². The van der Waals surface area contributed by atoms with Crippen LogP contribution in [0.15, 0.2) is 5.38 Å². The van der Waals surface area contributed by atoms with E-state index < -0.39 is 21.2 Å². The monoisotopic (exact) mass is 292 g/mol. The molecule has 0 aliphatic rings. The predicted octanol–water partition coefficient (Wildman–Crippen LogP) is 1.66. The molecule has 1 aromatic heterocycles. The van der Waals surface area contributed by atoms with E-state index in [1.807, 2.05) is 20.8 Å². The number of anilines is 1. The summed E-state index contributed by atoms with van der Waals surface area (Å²) in [6.45, 7) is 6.99. The first-order valence-corrected chi connectivity index (χ1v) is 7.67. The van der Waals surface area contributed by atoms with Crippen LogP contribution in [0.1, 0.15) is 33.4 Å². The maximum atomic E-state index is 11.7. The molecule has 0 spiro atoms. The molecule has 6 nitrogen and oxygen atoms in total. The highest BCUT2D eigenvalue weighted by Crippen LogP contribution is 2.27. The summed E-state index contributed by atoms with van der Waals surface area (Å²) in [4.78, 5) is 14.8. The van der Waals surface area contributed by atoms with Crippen LogP contribution in [0.4, 0.5) is 5.13 Å². The van der Waals surface area contributed by atoms with Crippen LogP contribution < -0.4 is 4.72 Å². The number of nitrogens with one attached hydrogen (secondary N) is 1. The van der Waals surface area contributed by atoms with Gasteiger partial charge >= 0.3 is 5.97 Å². The highest BCUT2D eigenvalue weighted by molar-refractivity contribution is 7.94. The summed E-state index contributed by atoms with van der Waals surface area (Å²) < 4.78 is 25.5. The molecule has 8 heteroatoms. The maximum Gasteiger partial charge on any atom is 0.323 e. The second-order valence-electron chi connectivity index (χ2n) is 4.92. The number of carbonyl (C=O) groups is 1. The minimum absolute atomic E-state index is 0.182. The number of carboxylic acids is 1.